The maximum absolute atomic E-state index is 12.2. The highest BCUT2D eigenvalue weighted by atomic mass is 16.3. The fourth-order valence-corrected chi connectivity index (χ4v) is 3.42. The first kappa shape index (κ1) is 12.1. The van der Waals surface area contributed by atoms with Crippen LogP contribution in [0, 0.1) is 11.8 Å². The molecule has 3 N–H and O–H groups in total. The Bertz CT molecular complexity index is 353. The van der Waals surface area contributed by atoms with Gasteiger partial charge in [0, 0.05) is 19.6 Å². The molecule has 3 rings (SSSR count). The fraction of sp³-hybridized carbons (Fsp3) is 0.769. The number of carbonyl (C=O) groups excluding carboxylic acids is 1. The van der Waals surface area contributed by atoms with Crippen LogP contribution in [0.1, 0.15) is 12.8 Å². The first-order valence-electron chi connectivity index (χ1n) is 6.70. The molecule has 2 heterocycles. The summed E-state index contributed by atoms with van der Waals surface area (Å²) < 4.78 is 0. The minimum Gasteiger partial charge on any atom is -0.390 e. The van der Waals surface area contributed by atoms with Gasteiger partial charge in [0.1, 0.15) is 6.04 Å². The molecule has 1 amide bonds. The van der Waals surface area contributed by atoms with Gasteiger partial charge in [0.05, 0.1) is 12.2 Å². The molecule has 0 spiro atoms. The quantitative estimate of drug-likeness (QED) is 0.529. The van der Waals surface area contributed by atoms with Crippen LogP contribution in [0.5, 0.6) is 0 Å². The van der Waals surface area contributed by atoms with Crippen LogP contribution in [-0.4, -0.2) is 58.9 Å². The van der Waals surface area contributed by atoms with Gasteiger partial charge in [-0.15, -0.1) is 0 Å². The second-order valence-electron chi connectivity index (χ2n) is 5.68. The van der Waals surface area contributed by atoms with Crippen molar-refractivity contribution in [1.82, 2.24) is 10.2 Å². The SMILES string of the molecule is O=C([C@H]1C=CCN1)N1C[C@H]2C[C@H](O)[C@H](O)C[C@H]2C1. The number of carbonyl (C=O) groups is 1. The highest BCUT2D eigenvalue weighted by Crippen LogP contribution is 2.36. The van der Waals surface area contributed by atoms with Gasteiger partial charge in [-0.2, -0.15) is 0 Å². The zero-order valence-electron chi connectivity index (χ0n) is 10.3. The summed E-state index contributed by atoms with van der Waals surface area (Å²) in [5.41, 5.74) is 0. The zero-order valence-corrected chi connectivity index (χ0v) is 10.3. The number of amides is 1. The molecule has 5 atom stereocenters. The van der Waals surface area contributed by atoms with Crippen LogP contribution in [0.25, 0.3) is 0 Å². The molecule has 0 unspecified atom stereocenters. The third-order valence-corrected chi connectivity index (χ3v) is 4.47. The smallest absolute Gasteiger partial charge is 0.243 e. The maximum Gasteiger partial charge on any atom is 0.243 e. The van der Waals surface area contributed by atoms with Crippen LogP contribution in [0.3, 0.4) is 0 Å². The van der Waals surface area contributed by atoms with E-state index in [1.54, 1.807) is 0 Å². The van der Waals surface area contributed by atoms with Crippen molar-refractivity contribution in [2.24, 2.45) is 11.8 Å². The van der Waals surface area contributed by atoms with Crippen molar-refractivity contribution in [2.75, 3.05) is 19.6 Å². The number of hydrogen-bond donors (Lipinski definition) is 3. The van der Waals surface area contributed by atoms with Gasteiger partial charge < -0.3 is 15.1 Å². The number of nitrogens with zero attached hydrogens (tertiary/aromatic N) is 1. The van der Waals surface area contributed by atoms with Gasteiger partial charge in [0.2, 0.25) is 5.91 Å². The van der Waals surface area contributed by atoms with E-state index in [-0.39, 0.29) is 11.9 Å². The minimum atomic E-state index is -0.620. The second-order valence-corrected chi connectivity index (χ2v) is 5.68. The summed E-state index contributed by atoms with van der Waals surface area (Å²) in [4.78, 5) is 14.1. The summed E-state index contributed by atoms with van der Waals surface area (Å²) in [6.07, 6.45) is 3.87. The number of aliphatic hydroxyl groups is 2. The number of fused-ring (bicyclic) bond motifs is 1. The van der Waals surface area contributed by atoms with Crippen LogP contribution >= 0.6 is 0 Å². The largest absolute Gasteiger partial charge is 0.390 e. The van der Waals surface area contributed by atoms with E-state index >= 15 is 0 Å². The lowest BCUT2D eigenvalue weighted by Gasteiger charge is -2.31. The minimum absolute atomic E-state index is 0.127. The van der Waals surface area contributed by atoms with Gasteiger partial charge in [-0.25, -0.2) is 0 Å². The Balaban J connectivity index is 1.64. The van der Waals surface area contributed by atoms with E-state index in [0.717, 1.165) is 19.6 Å². The van der Waals surface area contributed by atoms with Gasteiger partial charge in [-0.1, -0.05) is 12.2 Å². The molecular weight excluding hydrogens is 232 g/mol. The fourth-order valence-electron chi connectivity index (χ4n) is 3.42. The molecule has 2 fully saturated rings. The first-order chi connectivity index (χ1) is 8.65. The topological polar surface area (TPSA) is 72.8 Å². The van der Waals surface area contributed by atoms with Crippen molar-refractivity contribution >= 4 is 5.91 Å². The molecular formula is C13H20N2O3. The van der Waals surface area contributed by atoms with Gasteiger partial charge in [0.25, 0.3) is 0 Å². The number of rotatable bonds is 1. The number of likely N-dealkylation sites (tertiary alicyclic amines) is 1. The summed E-state index contributed by atoms with van der Waals surface area (Å²) in [7, 11) is 0. The molecule has 5 heteroatoms. The Kier molecular flexibility index (Phi) is 3.13. The van der Waals surface area contributed by atoms with E-state index in [9.17, 15) is 15.0 Å². The van der Waals surface area contributed by atoms with Crippen LogP contribution < -0.4 is 5.32 Å². The maximum atomic E-state index is 12.2. The van der Waals surface area contributed by atoms with Crippen molar-refractivity contribution < 1.29 is 15.0 Å². The van der Waals surface area contributed by atoms with Crippen molar-refractivity contribution in [3.05, 3.63) is 12.2 Å². The summed E-state index contributed by atoms with van der Waals surface area (Å²) >= 11 is 0. The van der Waals surface area contributed by atoms with E-state index in [0.29, 0.717) is 24.7 Å². The van der Waals surface area contributed by atoms with Crippen molar-refractivity contribution in [1.29, 1.82) is 0 Å². The monoisotopic (exact) mass is 252 g/mol. The third kappa shape index (κ3) is 2.06. The summed E-state index contributed by atoms with van der Waals surface area (Å²) in [6, 6.07) is -0.181. The summed E-state index contributed by atoms with van der Waals surface area (Å²) in [6.45, 7) is 2.20. The molecule has 0 bridgehead atoms. The predicted molar refractivity (Wildman–Crippen MR) is 65.7 cm³/mol. The highest BCUT2D eigenvalue weighted by molar-refractivity contribution is 5.84. The van der Waals surface area contributed by atoms with E-state index in [1.165, 1.54) is 0 Å². The van der Waals surface area contributed by atoms with E-state index in [4.69, 9.17) is 0 Å². The standard InChI is InChI=1S/C13H20N2O3/c16-11-4-8-6-15(7-9(8)5-12(11)17)13(18)10-2-1-3-14-10/h1-2,8-12,14,16-17H,3-7H2/t8-,9+,10-,11+,12-/m1/s1. The molecule has 18 heavy (non-hydrogen) atoms. The Labute approximate surface area is 106 Å². The van der Waals surface area contributed by atoms with E-state index < -0.39 is 12.2 Å². The van der Waals surface area contributed by atoms with Crippen LogP contribution in [0.4, 0.5) is 0 Å². The first-order valence-corrected chi connectivity index (χ1v) is 6.70. The number of nitrogens with one attached hydrogen (secondary N) is 1. The molecule has 1 aliphatic carbocycles. The Hall–Kier alpha value is -0.910. The average molecular weight is 252 g/mol. The normalized spacial score (nSPS) is 43.2. The number of aliphatic hydroxyl groups excluding tert-OH is 2. The third-order valence-electron chi connectivity index (χ3n) is 4.47. The lowest BCUT2D eigenvalue weighted by atomic mass is 9.79. The van der Waals surface area contributed by atoms with Gasteiger partial charge in [-0.3, -0.25) is 10.1 Å². The van der Waals surface area contributed by atoms with Crippen molar-refractivity contribution in [3.8, 4) is 0 Å². The van der Waals surface area contributed by atoms with Gasteiger partial charge in [0.15, 0.2) is 0 Å². The molecule has 5 nitrogen and oxygen atoms in total. The zero-order chi connectivity index (χ0) is 12.7. The molecule has 0 aromatic rings. The molecule has 0 aromatic heterocycles. The van der Waals surface area contributed by atoms with Crippen molar-refractivity contribution in [2.45, 2.75) is 31.1 Å². The molecule has 0 aromatic carbocycles. The van der Waals surface area contributed by atoms with E-state index in [1.807, 2.05) is 17.1 Å². The Morgan fingerprint density at radius 3 is 2.28 bits per heavy atom. The van der Waals surface area contributed by atoms with Crippen molar-refractivity contribution in [3.63, 3.8) is 0 Å². The summed E-state index contributed by atoms with van der Waals surface area (Å²) in [5, 5.41) is 22.5. The molecule has 1 saturated heterocycles. The summed E-state index contributed by atoms with van der Waals surface area (Å²) in [5.74, 6) is 0.817. The molecule has 3 aliphatic rings. The van der Waals surface area contributed by atoms with Crippen LogP contribution in [0.2, 0.25) is 0 Å². The lowest BCUT2D eigenvalue weighted by molar-refractivity contribution is -0.131. The molecule has 1 saturated carbocycles. The molecule has 2 aliphatic heterocycles. The van der Waals surface area contributed by atoms with E-state index in [2.05, 4.69) is 5.32 Å². The van der Waals surface area contributed by atoms with Crippen LogP contribution in [0.15, 0.2) is 12.2 Å². The molecule has 100 valence electrons. The Morgan fingerprint density at radius 2 is 1.78 bits per heavy atom. The second kappa shape index (κ2) is 4.64. The van der Waals surface area contributed by atoms with Gasteiger partial charge >= 0.3 is 0 Å². The van der Waals surface area contributed by atoms with Crippen LogP contribution in [-0.2, 0) is 4.79 Å². The average Bonchev–Trinajstić information content (AvgIpc) is 2.97. The van der Waals surface area contributed by atoms with Gasteiger partial charge in [-0.05, 0) is 24.7 Å². The molecule has 0 radical (unpaired) electrons. The predicted octanol–water partition coefficient (Wildman–Crippen LogP) is -0.895. The highest BCUT2D eigenvalue weighted by Gasteiger charge is 2.43. The number of hydrogen-bond acceptors (Lipinski definition) is 4. The Morgan fingerprint density at radius 1 is 1.17 bits per heavy atom. The lowest BCUT2D eigenvalue weighted by Crippen LogP contribution is -2.42.